The molecule has 0 aromatic heterocycles. The summed E-state index contributed by atoms with van der Waals surface area (Å²) in [6.07, 6.45) is 1.75. The molecule has 0 spiro atoms. The highest BCUT2D eigenvalue weighted by molar-refractivity contribution is 5.89. The molecule has 0 atom stereocenters. The van der Waals surface area contributed by atoms with Crippen molar-refractivity contribution in [2.24, 2.45) is 0 Å². The largest absolute Gasteiger partial charge is 0.444 e. The van der Waals surface area contributed by atoms with Crippen molar-refractivity contribution in [2.75, 3.05) is 11.4 Å². The first-order chi connectivity index (χ1) is 10.2. The van der Waals surface area contributed by atoms with Gasteiger partial charge in [0.15, 0.2) is 0 Å². The van der Waals surface area contributed by atoms with Gasteiger partial charge >= 0.3 is 6.09 Å². The van der Waals surface area contributed by atoms with Gasteiger partial charge in [-0.15, -0.1) is 0 Å². The Kier molecular flexibility index (Phi) is 3.91. The van der Waals surface area contributed by atoms with E-state index in [0.29, 0.717) is 6.61 Å². The zero-order valence-corrected chi connectivity index (χ0v) is 12.2. The number of hydrogen-bond acceptors (Lipinski definition) is 2. The van der Waals surface area contributed by atoms with E-state index in [9.17, 15) is 4.79 Å². The smallest absolute Gasteiger partial charge is 0.414 e. The zero-order valence-electron chi connectivity index (χ0n) is 12.2. The highest BCUT2D eigenvalue weighted by Crippen LogP contribution is 2.27. The average molecular weight is 281 g/mol. The summed E-state index contributed by atoms with van der Waals surface area (Å²) in [4.78, 5) is 14.0. The second-order valence-electron chi connectivity index (χ2n) is 5.42. The lowest BCUT2D eigenvalue weighted by Crippen LogP contribution is -2.35. The first-order valence-corrected chi connectivity index (χ1v) is 7.32. The maximum atomic E-state index is 12.3. The SMILES string of the molecule is Cc1ccc(COC(=O)N2CCCc3ccccc32)cc1. The van der Waals surface area contributed by atoms with Crippen molar-refractivity contribution >= 4 is 11.8 Å². The van der Waals surface area contributed by atoms with Gasteiger partial charge in [-0.25, -0.2) is 4.79 Å². The van der Waals surface area contributed by atoms with Gasteiger partial charge in [-0.1, -0.05) is 48.0 Å². The molecule has 2 aromatic carbocycles. The van der Waals surface area contributed by atoms with Crippen LogP contribution in [-0.4, -0.2) is 12.6 Å². The molecule has 0 saturated heterocycles. The summed E-state index contributed by atoms with van der Waals surface area (Å²) in [6, 6.07) is 16.1. The molecule has 2 aromatic rings. The molecule has 0 unspecified atom stereocenters. The van der Waals surface area contributed by atoms with E-state index in [4.69, 9.17) is 4.74 Å². The summed E-state index contributed by atoms with van der Waals surface area (Å²) in [5.41, 5.74) is 4.42. The standard InChI is InChI=1S/C18H19NO2/c1-14-8-10-15(11-9-14)13-21-18(20)19-12-4-6-16-5-2-3-7-17(16)19/h2-3,5,7-11H,4,6,12-13H2,1H3. The fourth-order valence-electron chi connectivity index (χ4n) is 2.63. The number of hydrogen-bond donors (Lipinski definition) is 0. The number of aryl methyl sites for hydroxylation is 2. The van der Waals surface area contributed by atoms with Crippen molar-refractivity contribution in [3.8, 4) is 0 Å². The minimum atomic E-state index is -0.261. The normalized spacial score (nSPS) is 13.7. The van der Waals surface area contributed by atoms with E-state index in [0.717, 1.165) is 30.6 Å². The molecular weight excluding hydrogens is 262 g/mol. The van der Waals surface area contributed by atoms with Gasteiger partial charge in [0.1, 0.15) is 6.61 Å². The third-order valence-corrected chi connectivity index (χ3v) is 3.81. The van der Waals surface area contributed by atoms with Crippen LogP contribution in [0.5, 0.6) is 0 Å². The highest BCUT2D eigenvalue weighted by atomic mass is 16.6. The Hall–Kier alpha value is -2.29. The summed E-state index contributed by atoms with van der Waals surface area (Å²) >= 11 is 0. The van der Waals surface area contributed by atoms with Crippen LogP contribution in [0.2, 0.25) is 0 Å². The molecule has 1 amide bonds. The van der Waals surface area contributed by atoms with Crippen LogP contribution in [0.1, 0.15) is 23.1 Å². The summed E-state index contributed by atoms with van der Waals surface area (Å²) in [5.74, 6) is 0. The Labute approximate surface area is 125 Å². The number of carbonyl (C=O) groups excluding carboxylic acids is 1. The quantitative estimate of drug-likeness (QED) is 0.830. The first kappa shape index (κ1) is 13.7. The Bertz CT molecular complexity index is 634. The van der Waals surface area contributed by atoms with E-state index in [1.807, 2.05) is 49.4 Å². The Morgan fingerprint density at radius 2 is 1.90 bits per heavy atom. The molecule has 0 radical (unpaired) electrons. The Balaban J connectivity index is 1.68. The summed E-state index contributed by atoms with van der Waals surface area (Å²) < 4.78 is 5.45. The maximum Gasteiger partial charge on any atom is 0.414 e. The monoisotopic (exact) mass is 281 g/mol. The minimum Gasteiger partial charge on any atom is -0.444 e. The molecule has 0 saturated carbocycles. The molecule has 0 bridgehead atoms. The number of para-hydroxylation sites is 1. The van der Waals surface area contributed by atoms with Crippen LogP contribution in [0.3, 0.4) is 0 Å². The lowest BCUT2D eigenvalue weighted by molar-refractivity contribution is 0.146. The third kappa shape index (κ3) is 3.07. The number of amides is 1. The number of nitrogens with zero attached hydrogens (tertiary/aromatic N) is 1. The lowest BCUT2D eigenvalue weighted by Gasteiger charge is -2.28. The van der Waals surface area contributed by atoms with Crippen molar-refractivity contribution in [1.82, 2.24) is 0 Å². The zero-order chi connectivity index (χ0) is 14.7. The number of ether oxygens (including phenoxy) is 1. The van der Waals surface area contributed by atoms with E-state index in [1.54, 1.807) is 4.90 Å². The fraction of sp³-hybridized carbons (Fsp3) is 0.278. The van der Waals surface area contributed by atoms with Crippen molar-refractivity contribution in [3.63, 3.8) is 0 Å². The maximum absolute atomic E-state index is 12.3. The third-order valence-electron chi connectivity index (χ3n) is 3.81. The van der Waals surface area contributed by atoms with Gasteiger partial charge in [-0.3, -0.25) is 4.90 Å². The highest BCUT2D eigenvalue weighted by Gasteiger charge is 2.23. The predicted molar refractivity (Wildman–Crippen MR) is 83.5 cm³/mol. The molecule has 3 nitrogen and oxygen atoms in total. The minimum absolute atomic E-state index is 0.261. The van der Waals surface area contributed by atoms with E-state index in [1.165, 1.54) is 11.1 Å². The van der Waals surface area contributed by atoms with Crippen LogP contribution >= 0.6 is 0 Å². The van der Waals surface area contributed by atoms with Crippen LogP contribution in [0.4, 0.5) is 10.5 Å². The van der Waals surface area contributed by atoms with Crippen LogP contribution in [-0.2, 0) is 17.8 Å². The van der Waals surface area contributed by atoms with Gasteiger partial charge in [0.2, 0.25) is 0 Å². The lowest BCUT2D eigenvalue weighted by atomic mass is 10.0. The molecule has 0 aliphatic carbocycles. The average Bonchev–Trinajstić information content (AvgIpc) is 2.53. The molecule has 0 N–H and O–H groups in total. The molecular formula is C18H19NO2. The van der Waals surface area contributed by atoms with Gasteiger partial charge < -0.3 is 4.74 Å². The summed E-state index contributed by atoms with van der Waals surface area (Å²) in [7, 11) is 0. The van der Waals surface area contributed by atoms with E-state index in [2.05, 4.69) is 6.07 Å². The second kappa shape index (κ2) is 6.00. The number of fused-ring (bicyclic) bond motifs is 1. The van der Waals surface area contributed by atoms with Crippen molar-refractivity contribution in [1.29, 1.82) is 0 Å². The van der Waals surface area contributed by atoms with Crippen LogP contribution in [0.25, 0.3) is 0 Å². The van der Waals surface area contributed by atoms with Gasteiger partial charge in [-0.2, -0.15) is 0 Å². The second-order valence-corrected chi connectivity index (χ2v) is 5.42. The topological polar surface area (TPSA) is 29.5 Å². The van der Waals surface area contributed by atoms with Crippen LogP contribution in [0, 0.1) is 6.92 Å². The number of carbonyl (C=O) groups is 1. The van der Waals surface area contributed by atoms with E-state index in [-0.39, 0.29) is 6.09 Å². The summed E-state index contributed by atoms with van der Waals surface area (Å²) in [5, 5.41) is 0. The molecule has 3 rings (SSSR count). The predicted octanol–water partition coefficient (Wildman–Crippen LogP) is 4.08. The number of benzene rings is 2. The van der Waals surface area contributed by atoms with Gasteiger partial charge in [0, 0.05) is 6.54 Å². The summed E-state index contributed by atoms with van der Waals surface area (Å²) in [6.45, 7) is 3.09. The number of rotatable bonds is 2. The molecule has 21 heavy (non-hydrogen) atoms. The van der Waals surface area contributed by atoms with Crippen LogP contribution < -0.4 is 4.90 Å². The van der Waals surface area contributed by atoms with Gasteiger partial charge in [-0.05, 0) is 37.0 Å². The molecule has 3 heteroatoms. The van der Waals surface area contributed by atoms with E-state index < -0.39 is 0 Å². The Morgan fingerprint density at radius 1 is 1.14 bits per heavy atom. The molecule has 108 valence electrons. The molecule has 1 aliphatic heterocycles. The van der Waals surface area contributed by atoms with Gasteiger partial charge in [0.25, 0.3) is 0 Å². The van der Waals surface area contributed by atoms with E-state index >= 15 is 0 Å². The van der Waals surface area contributed by atoms with Crippen LogP contribution in [0.15, 0.2) is 48.5 Å². The number of anilines is 1. The molecule has 0 fully saturated rings. The molecule has 1 heterocycles. The van der Waals surface area contributed by atoms with Crippen molar-refractivity contribution in [3.05, 3.63) is 65.2 Å². The van der Waals surface area contributed by atoms with Crippen molar-refractivity contribution in [2.45, 2.75) is 26.4 Å². The van der Waals surface area contributed by atoms with Crippen molar-refractivity contribution < 1.29 is 9.53 Å². The first-order valence-electron chi connectivity index (χ1n) is 7.32. The Morgan fingerprint density at radius 3 is 2.71 bits per heavy atom. The fourth-order valence-corrected chi connectivity index (χ4v) is 2.63. The molecule has 1 aliphatic rings. The van der Waals surface area contributed by atoms with Gasteiger partial charge in [0.05, 0.1) is 5.69 Å².